The van der Waals surface area contributed by atoms with E-state index >= 15 is 0 Å². The average molecular weight is 482 g/mol. The standard InChI is InChI=1S/C23H14Cl3F3N2/c1-31-21(14-4-9-17(24)10-5-14)20(13-2-7-16(8-3-13)23(27,28)29)30-22(31)15-6-11-18(25)19(26)12-15/h2-12H,1H3. The van der Waals surface area contributed by atoms with E-state index in [1.54, 1.807) is 30.3 Å². The molecule has 0 saturated heterocycles. The van der Waals surface area contributed by atoms with Crippen molar-refractivity contribution in [1.82, 2.24) is 9.55 Å². The van der Waals surface area contributed by atoms with Crippen LogP contribution in [-0.4, -0.2) is 9.55 Å². The molecule has 0 aliphatic rings. The van der Waals surface area contributed by atoms with E-state index in [0.29, 0.717) is 32.1 Å². The number of nitrogens with zero attached hydrogens (tertiary/aromatic N) is 2. The van der Waals surface area contributed by atoms with Crippen LogP contribution in [0.15, 0.2) is 66.7 Å². The first-order valence-corrected chi connectivity index (χ1v) is 10.2. The zero-order valence-electron chi connectivity index (χ0n) is 16.0. The zero-order chi connectivity index (χ0) is 22.3. The second-order valence-electron chi connectivity index (χ2n) is 6.90. The minimum Gasteiger partial charge on any atom is -0.327 e. The van der Waals surface area contributed by atoms with Crippen LogP contribution >= 0.6 is 34.8 Å². The molecule has 0 bridgehead atoms. The van der Waals surface area contributed by atoms with Gasteiger partial charge in [-0.2, -0.15) is 13.2 Å². The van der Waals surface area contributed by atoms with Crippen molar-refractivity contribution in [2.75, 3.05) is 0 Å². The first kappa shape index (κ1) is 21.8. The molecular formula is C23H14Cl3F3N2. The van der Waals surface area contributed by atoms with Crippen molar-refractivity contribution in [3.63, 3.8) is 0 Å². The minimum atomic E-state index is -4.41. The lowest BCUT2D eigenvalue weighted by Crippen LogP contribution is -2.04. The van der Waals surface area contributed by atoms with Gasteiger partial charge in [0.15, 0.2) is 0 Å². The van der Waals surface area contributed by atoms with E-state index in [1.165, 1.54) is 12.1 Å². The molecule has 0 saturated carbocycles. The van der Waals surface area contributed by atoms with Gasteiger partial charge in [0.25, 0.3) is 0 Å². The number of benzene rings is 3. The SMILES string of the molecule is Cn1c(-c2ccc(Cl)c(Cl)c2)nc(-c2ccc(C(F)(F)F)cc2)c1-c1ccc(Cl)cc1. The Morgan fingerprint density at radius 3 is 1.90 bits per heavy atom. The van der Waals surface area contributed by atoms with Crippen LogP contribution in [0.1, 0.15) is 5.56 Å². The third-order valence-electron chi connectivity index (χ3n) is 4.88. The van der Waals surface area contributed by atoms with E-state index in [0.717, 1.165) is 29.0 Å². The highest BCUT2D eigenvalue weighted by atomic mass is 35.5. The minimum absolute atomic E-state index is 0.381. The summed E-state index contributed by atoms with van der Waals surface area (Å²) in [4.78, 5) is 4.76. The Morgan fingerprint density at radius 1 is 0.742 bits per heavy atom. The monoisotopic (exact) mass is 480 g/mol. The summed E-state index contributed by atoms with van der Waals surface area (Å²) in [5.74, 6) is 0.596. The van der Waals surface area contributed by atoms with E-state index in [-0.39, 0.29) is 0 Å². The number of hydrogen-bond donors (Lipinski definition) is 0. The molecule has 0 radical (unpaired) electrons. The Balaban J connectivity index is 1.92. The number of aromatic nitrogens is 2. The first-order chi connectivity index (χ1) is 14.6. The van der Waals surface area contributed by atoms with Crippen molar-refractivity contribution in [2.24, 2.45) is 7.05 Å². The highest BCUT2D eigenvalue weighted by molar-refractivity contribution is 6.42. The maximum atomic E-state index is 13.0. The van der Waals surface area contributed by atoms with Crippen LogP contribution in [0.3, 0.4) is 0 Å². The topological polar surface area (TPSA) is 17.8 Å². The fourth-order valence-electron chi connectivity index (χ4n) is 3.35. The zero-order valence-corrected chi connectivity index (χ0v) is 18.3. The van der Waals surface area contributed by atoms with Crippen molar-refractivity contribution in [3.8, 4) is 33.9 Å². The lowest BCUT2D eigenvalue weighted by atomic mass is 10.0. The Bertz CT molecular complexity index is 1250. The lowest BCUT2D eigenvalue weighted by molar-refractivity contribution is -0.137. The predicted octanol–water partition coefficient (Wildman–Crippen LogP) is 8.40. The van der Waals surface area contributed by atoms with Crippen LogP contribution in [0.5, 0.6) is 0 Å². The Kier molecular flexibility index (Phi) is 5.77. The molecule has 2 nitrogen and oxygen atoms in total. The molecule has 4 rings (SSSR count). The van der Waals surface area contributed by atoms with E-state index in [4.69, 9.17) is 39.8 Å². The number of rotatable bonds is 3. The van der Waals surface area contributed by atoms with Crippen LogP contribution in [0.2, 0.25) is 15.1 Å². The van der Waals surface area contributed by atoms with Gasteiger partial charge in [-0.25, -0.2) is 4.98 Å². The molecule has 8 heteroatoms. The Labute approximate surface area is 191 Å². The molecule has 0 fully saturated rings. The quantitative estimate of drug-likeness (QED) is 0.287. The van der Waals surface area contributed by atoms with Crippen molar-refractivity contribution in [3.05, 3.63) is 87.4 Å². The van der Waals surface area contributed by atoms with Gasteiger partial charge in [0.05, 0.1) is 27.0 Å². The Hall–Kier alpha value is -2.47. The molecule has 0 unspecified atom stereocenters. The van der Waals surface area contributed by atoms with Crippen LogP contribution in [0, 0.1) is 0 Å². The number of halogens is 6. The van der Waals surface area contributed by atoms with Crippen LogP contribution < -0.4 is 0 Å². The largest absolute Gasteiger partial charge is 0.416 e. The third-order valence-corrected chi connectivity index (χ3v) is 5.87. The summed E-state index contributed by atoms with van der Waals surface area (Å²) in [5.41, 5.74) is 2.66. The van der Waals surface area contributed by atoms with Crippen LogP contribution in [0.25, 0.3) is 33.9 Å². The lowest BCUT2D eigenvalue weighted by Gasteiger charge is -2.10. The smallest absolute Gasteiger partial charge is 0.327 e. The van der Waals surface area contributed by atoms with Gasteiger partial charge in [0.1, 0.15) is 5.82 Å². The summed E-state index contributed by atoms with van der Waals surface area (Å²) in [6, 6.07) is 17.3. The van der Waals surface area contributed by atoms with Gasteiger partial charge in [-0.1, -0.05) is 59.1 Å². The summed E-state index contributed by atoms with van der Waals surface area (Å²) in [6.07, 6.45) is -4.41. The molecular weight excluding hydrogens is 468 g/mol. The maximum Gasteiger partial charge on any atom is 0.416 e. The second-order valence-corrected chi connectivity index (χ2v) is 8.15. The molecule has 1 heterocycles. The van der Waals surface area contributed by atoms with Crippen molar-refractivity contribution in [2.45, 2.75) is 6.18 Å². The average Bonchev–Trinajstić information content (AvgIpc) is 3.07. The first-order valence-electron chi connectivity index (χ1n) is 9.11. The Morgan fingerprint density at radius 2 is 1.32 bits per heavy atom. The summed E-state index contributed by atoms with van der Waals surface area (Å²) in [6.45, 7) is 0. The van der Waals surface area contributed by atoms with Gasteiger partial charge in [-0.3, -0.25) is 0 Å². The molecule has 0 aliphatic heterocycles. The molecule has 3 aromatic carbocycles. The molecule has 4 aromatic rings. The predicted molar refractivity (Wildman–Crippen MR) is 120 cm³/mol. The van der Waals surface area contributed by atoms with E-state index in [9.17, 15) is 13.2 Å². The van der Waals surface area contributed by atoms with Gasteiger partial charge < -0.3 is 4.57 Å². The number of hydrogen-bond acceptors (Lipinski definition) is 1. The molecule has 1 aromatic heterocycles. The van der Waals surface area contributed by atoms with Gasteiger partial charge in [-0.15, -0.1) is 0 Å². The summed E-state index contributed by atoms with van der Waals surface area (Å²) >= 11 is 18.3. The number of imidazole rings is 1. The summed E-state index contributed by atoms with van der Waals surface area (Å²) in [5, 5.41) is 1.37. The van der Waals surface area contributed by atoms with Crippen molar-refractivity contribution in [1.29, 1.82) is 0 Å². The summed E-state index contributed by atoms with van der Waals surface area (Å²) < 4.78 is 40.9. The van der Waals surface area contributed by atoms with Gasteiger partial charge >= 0.3 is 6.18 Å². The van der Waals surface area contributed by atoms with Crippen LogP contribution in [-0.2, 0) is 13.2 Å². The fraction of sp³-hybridized carbons (Fsp3) is 0.0870. The van der Waals surface area contributed by atoms with Gasteiger partial charge in [-0.05, 0) is 42.5 Å². The fourth-order valence-corrected chi connectivity index (χ4v) is 3.77. The van der Waals surface area contributed by atoms with E-state index in [2.05, 4.69) is 0 Å². The maximum absolute atomic E-state index is 13.0. The van der Waals surface area contributed by atoms with E-state index < -0.39 is 11.7 Å². The van der Waals surface area contributed by atoms with Crippen LogP contribution in [0.4, 0.5) is 13.2 Å². The number of alkyl halides is 3. The molecule has 0 atom stereocenters. The molecule has 0 aliphatic carbocycles. The van der Waals surface area contributed by atoms with Gasteiger partial charge in [0.2, 0.25) is 0 Å². The molecule has 0 N–H and O–H groups in total. The van der Waals surface area contributed by atoms with Crippen molar-refractivity contribution >= 4 is 34.8 Å². The summed E-state index contributed by atoms with van der Waals surface area (Å²) in [7, 11) is 1.84. The van der Waals surface area contributed by atoms with Gasteiger partial charge in [0, 0.05) is 28.8 Å². The molecule has 158 valence electrons. The third kappa shape index (κ3) is 4.31. The molecule has 0 spiro atoms. The van der Waals surface area contributed by atoms with Crippen molar-refractivity contribution < 1.29 is 13.2 Å². The highest BCUT2D eigenvalue weighted by Gasteiger charge is 2.30. The highest BCUT2D eigenvalue weighted by Crippen LogP contribution is 2.38. The molecule has 0 amide bonds. The molecule has 31 heavy (non-hydrogen) atoms. The normalized spacial score (nSPS) is 11.7. The van der Waals surface area contributed by atoms with E-state index in [1.807, 2.05) is 23.7 Å². The second kappa shape index (κ2) is 8.23.